The summed E-state index contributed by atoms with van der Waals surface area (Å²) in [6.07, 6.45) is 0.912. The second kappa shape index (κ2) is 10.9. The fourth-order valence-corrected chi connectivity index (χ4v) is 4.66. The lowest BCUT2D eigenvalue weighted by atomic mass is 10.0. The molecule has 3 aromatic rings. The highest BCUT2D eigenvalue weighted by molar-refractivity contribution is 9.10. The average Bonchev–Trinajstić information content (AvgIpc) is 3.17. The molecule has 0 atom stereocenters. The number of benzene rings is 2. The van der Waals surface area contributed by atoms with Gasteiger partial charge in [0.1, 0.15) is 16.3 Å². The van der Waals surface area contributed by atoms with Crippen LogP contribution in [0.1, 0.15) is 29.8 Å². The van der Waals surface area contributed by atoms with E-state index in [-0.39, 0.29) is 19.1 Å². The first-order valence-electron chi connectivity index (χ1n) is 9.68. The van der Waals surface area contributed by atoms with E-state index >= 15 is 0 Å². The number of aryl methyl sites for hydroxylation is 1. The number of thiophene rings is 1. The molecule has 0 fully saturated rings. The number of carbonyl (C=O) groups excluding carboxylic acids is 2. The van der Waals surface area contributed by atoms with Gasteiger partial charge in [0.25, 0.3) is 5.91 Å². The fourth-order valence-electron chi connectivity index (χ4n) is 2.89. The molecular weight excluding hydrogens is 546 g/mol. The van der Waals surface area contributed by atoms with Crippen LogP contribution in [0.15, 0.2) is 56.8 Å². The van der Waals surface area contributed by atoms with Crippen molar-refractivity contribution in [2.24, 2.45) is 0 Å². The Hall–Kier alpha value is -2.16. The second-order valence-corrected chi connectivity index (χ2v) is 9.19. The minimum Gasteiger partial charge on any atom is -0.483 e. The van der Waals surface area contributed by atoms with Crippen molar-refractivity contribution in [3.05, 3.63) is 67.9 Å². The number of ether oxygens (including phenoxy) is 2. The van der Waals surface area contributed by atoms with Crippen LogP contribution in [0.25, 0.3) is 11.1 Å². The first-order valence-corrected chi connectivity index (χ1v) is 12.1. The Morgan fingerprint density at radius 3 is 2.45 bits per heavy atom. The molecule has 8 heteroatoms. The molecule has 1 amide bonds. The van der Waals surface area contributed by atoms with Crippen LogP contribution in [0.5, 0.6) is 5.75 Å². The number of rotatable bonds is 8. The second-order valence-electron chi connectivity index (χ2n) is 6.54. The topological polar surface area (TPSA) is 64.6 Å². The SMILES string of the molecule is CCOC(=O)c1c(-c2ccc(Br)cc2)csc1NC(=O)COc1ccc(CC)cc1Br. The van der Waals surface area contributed by atoms with E-state index in [2.05, 4.69) is 44.1 Å². The van der Waals surface area contributed by atoms with E-state index in [1.54, 1.807) is 6.92 Å². The van der Waals surface area contributed by atoms with Gasteiger partial charge in [-0.25, -0.2) is 4.79 Å². The Kier molecular flexibility index (Phi) is 8.28. The molecule has 0 aliphatic heterocycles. The maximum absolute atomic E-state index is 12.6. The molecule has 1 N–H and O–H groups in total. The largest absolute Gasteiger partial charge is 0.483 e. The van der Waals surface area contributed by atoms with Crippen molar-refractivity contribution in [2.45, 2.75) is 20.3 Å². The highest BCUT2D eigenvalue weighted by atomic mass is 79.9. The molecule has 0 unspecified atom stereocenters. The maximum atomic E-state index is 12.6. The highest BCUT2D eigenvalue weighted by Crippen LogP contribution is 2.36. The molecule has 0 saturated carbocycles. The number of hydrogen-bond acceptors (Lipinski definition) is 5. The zero-order chi connectivity index (χ0) is 22.4. The first-order chi connectivity index (χ1) is 14.9. The quantitative estimate of drug-likeness (QED) is 0.308. The molecule has 0 spiro atoms. The maximum Gasteiger partial charge on any atom is 0.341 e. The predicted molar refractivity (Wildman–Crippen MR) is 131 cm³/mol. The number of carbonyl (C=O) groups is 2. The third-order valence-electron chi connectivity index (χ3n) is 4.44. The third kappa shape index (κ3) is 5.96. The summed E-state index contributed by atoms with van der Waals surface area (Å²) in [6, 6.07) is 13.4. The standard InChI is InChI=1S/C23H21Br2NO4S/c1-3-14-5-10-19(18(25)11-14)30-12-20(27)26-22-21(23(28)29-4-2)17(13-31-22)15-6-8-16(24)9-7-15/h5-11,13H,3-4,12H2,1-2H3,(H,26,27). The lowest BCUT2D eigenvalue weighted by Crippen LogP contribution is -2.21. The van der Waals surface area contributed by atoms with Crippen molar-refractivity contribution in [1.29, 1.82) is 0 Å². The Labute approximate surface area is 202 Å². The lowest BCUT2D eigenvalue weighted by molar-refractivity contribution is -0.118. The van der Waals surface area contributed by atoms with Crippen LogP contribution in [0, 0.1) is 0 Å². The smallest absolute Gasteiger partial charge is 0.341 e. The Morgan fingerprint density at radius 1 is 1.06 bits per heavy atom. The van der Waals surface area contributed by atoms with Gasteiger partial charge in [0.2, 0.25) is 0 Å². The van der Waals surface area contributed by atoms with Crippen LogP contribution in [-0.4, -0.2) is 25.1 Å². The number of esters is 1. The minimum atomic E-state index is -0.476. The molecule has 0 aliphatic carbocycles. The van der Waals surface area contributed by atoms with Gasteiger partial charge in [-0.2, -0.15) is 0 Å². The molecule has 31 heavy (non-hydrogen) atoms. The van der Waals surface area contributed by atoms with E-state index < -0.39 is 5.97 Å². The van der Waals surface area contributed by atoms with Crippen LogP contribution >= 0.6 is 43.2 Å². The van der Waals surface area contributed by atoms with Gasteiger partial charge in [-0.3, -0.25) is 4.79 Å². The highest BCUT2D eigenvalue weighted by Gasteiger charge is 2.23. The summed E-state index contributed by atoms with van der Waals surface area (Å²) in [4.78, 5) is 25.2. The van der Waals surface area contributed by atoms with E-state index in [4.69, 9.17) is 9.47 Å². The Morgan fingerprint density at radius 2 is 1.81 bits per heavy atom. The van der Waals surface area contributed by atoms with Gasteiger partial charge in [-0.15, -0.1) is 11.3 Å². The van der Waals surface area contributed by atoms with Gasteiger partial charge >= 0.3 is 5.97 Å². The molecule has 162 valence electrons. The number of anilines is 1. The van der Waals surface area contributed by atoms with Crippen LogP contribution in [0.4, 0.5) is 5.00 Å². The van der Waals surface area contributed by atoms with Crippen molar-refractivity contribution in [2.75, 3.05) is 18.5 Å². The van der Waals surface area contributed by atoms with E-state index in [0.717, 1.165) is 20.9 Å². The molecule has 0 bridgehead atoms. The van der Waals surface area contributed by atoms with E-state index in [0.29, 0.717) is 21.9 Å². The zero-order valence-corrected chi connectivity index (χ0v) is 21.0. The summed E-state index contributed by atoms with van der Waals surface area (Å²) in [5.74, 6) is -0.253. The van der Waals surface area contributed by atoms with Crippen molar-refractivity contribution >= 4 is 60.1 Å². The Balaban J connectivity index is 1.78. The number of hydrogen-bond donors (Lipinski definition) is 1. The van der Waals surface area contributed by atoms with E-state index in [1.165, 1.54) is 16.9 Å². The summed E-state index contributed by atoms with van der Waals surface area (Å²) in [5, 5.41) is 5.07. The lowest BCUT2D eigenvalue weighted by Gasteiger charge is -2.11. The summed E-state index contributed by atoms with van der Waals surface area (Å²) in [7, 11) is 0. The molecule has 3 rings (SSSR count). The van der Waals surface area contributed by atoms with Crippen molar-refractivity contribution in [1.82, 2.24) is 0 Å². The third-order valence-corrected chi connectivity index (χ3v) is 6.49. The monoisotopic (exact) mass is 565 g/mol. The molecule has 2 aromatic carbocycles. The summed E-state index contributed by atoms with van der Waals surface area (Å²) in [6.45, 7) is 3.88. The van der Waals surface area contributed by atoms with Crippen molar-refractivity contribution < 1.29 is 19.1 Å². The normalized spacial score (nSPS) is 10.6. The zero-order valence-electron chi connectivity index (χ0n) is 17.0. The van der Waals surface area contributed by atoms with Crippen LogP contribution in [-0.2, 0) is 16.0 Å². The van der Waals surface area contributed by atoms with E-state index in [9.17, 15) is 9.59 Å². The Bertz CT molecular complexity index is 1080. The number of nitrogens with one attached hydrogen (secondary N) is 1. The van der Waals surface area contributed by atoms with Gasteiger partial charge in [0.05, 0.1) is 11.1 Å². The molecule has 0 aliphatic rings. The van der Waals surface area contributed by atoms with Gasteiger partial charge in [-0.1, -0.05) is 41.1 Å². The van der Waals surface area contributed by atoms with Gasteiger partial charge in [0.15, 0.2) is 6.61 Å². The summed E-state index contributed by atoms with van der Waals surface area (Å²) >= 11 is 8.16. The van der Waals surface area contributed by atoms with Crippen molar-refractivity contribution in [3.63, 3.8) is 0 Å². The first kappa shape index (κ1) is 23.5. The summed E-state index contributed by atoms with van der Waals surface area (Å²) in [5.41, 5.74) is 3.09. The molecule has 1 aromatic heterocycles. The van der Waals surface area contributed by atoms with Gasteiger partial charge < -0.3 is 14.8 Å². The van der Waals surface area contributed by atoms with Crippen LogP contribution < -0.4 is 10.1 Å². The number of halogens is 2. The van der Waals surface area contributed by atoms with Crippen LogP contribution in [0.3, 0.4) is 0 Å². The molecule has 0 radical (unpaired) electrons. The average molecular weight is 567 g/mol. The molecule has 0 saturated heterocycles. The predicted octanol–water partition coefficient (Wildman–Crippen LogP) is 6.70. The number of amides is 1. The minimum absolute atomic E-state index is 0.183. The van der Waals surface area contributed by atoms with Gasteiger partial charge in [-0.05, 0) is 64.7 Å². The molecule has 1 heterocycles. The van der Waals surface area contributed by atoms with Crippen molar-refractivity contribution in [3.8, 4) is 16.9 Å². The van der Waals surface area contributed by atoms with E-state index in [1.807, 2.05) is 47.8 Å². The molecule has 5 nitrogen and oxygen atoms in total. The summed E-state index contributed by atoms with van der Waals surface area (Å²) < 4.78 is 12.6. The van der Waals surface area contributed by atoms with Crippen LogP contribution in [0.2, 0.25) is 0 Å². The van der Waals surface area contributed by atoms with Gasteiger partial charge in [0, 0.05) is 15.4 Å². The molecular formula is C23H21Br2NO4S. The fraction of sp³-hybridized carbons (Fsp3) is 0.217.